The maximum atomic E-state index is 9.15. The van der Waals surface area contributed by atoms with Gasteiger partial charge in [-0.25, -0.2) is 4.98 Å². The highest BCUT2D eigenvalue weighted by Crippen LogP contribution is 2.28. The Morgan fingerprint density at radius 3 is 2.67 bits per heavy atom. The molecule has 0 spiro atoms. The number of halogens is 2. The number of aromatic hydroxyl groups is 1. The van der Waals surface area contributed by atoms with Crippen LogP contribution in [0.25, 0.3) is 11.3 Å². The van der Waals surface area contributed by atoms with Crippen LogP contribution in [-0.4, -0.2) is 15.1 Å². The standard InChI is InChI=1S/C7H6N2O.2ClH/c10-6-2-1-5-3-8-4-9-7(5)6;;/h1-4,10H,(H,8,9);2*1H. The number of nitrogens with one attached hydrogen (secondary N) is 1. The van der Waals surface area contributed by atoms with Crippen molar-refractivity contribution in [3.8, 4) is 17.0 Å². The minimum Gasteiger partial charge on any atom is -0.506 e. The summed E-state index contributed by atoms with van der Waals surface area (Å²) >= 11 is 0. The number of nitrogens with zero attached hydrogens (tertiary/aromatic N) is 1. The molecular formula is C7H8Cl2N2O. The van der Waals surface area contributed by atoms with E-state index in [0.717, 1.165) is 11.3 Å². The molecule has 66 valence electrons. The van der Waals surface area contributed by atoms with Crippen molar-refractivity contribution in [2.75, 3.05) is 0 Å². The topological polar surface area (TPSA) is 48.9 Å². The first kappa shape index (κ1) is 11.1. The normalized spacial score (nSPS) is 8.67. The number of hydrogen-bond acceptors (Lipinski definition) is 2. The van der Waals surface area contributed by atoms with E-state index in [-0.39, 0.29) is 30.6 Å². The van der Waals surface area contributed by atoms with Gasteiger partial charge in [-0.2, -0.15) is 0 Å². The van der Waals surface area contributed by atoms with Gasteiger partial charge in [0.1, 0.15) is 5.75 Å². The zero-order valence-electron chi connectivity index (χ0n) is 6.02. The smallest absolute Gasteiger partial charge is 0.139 e. The van der Waals surface area contributed by atoms with Crippen LogP contribution in [0.2, 0.25) is 0 Å². The Bertz CT molecular complexity index is 323. The van der Waals surface area contributed by atoms with Crippen LogP contribution in [0.5, 0.6) is 5.75 Å². The summed E-state index contributed by atoms with van der Waals surface area (Å²) in [6.45, 7) is 0. The van der Waals surface area contributed by atoms with Gasteiger partial charge in [0, 0.05) is 11.8 Å². The summed E-state index contributed by atoms with van der Waals surface area (Å²) < 4.78 is 0. The van der Waals surface area contributed by atoms with Crippen LogP contribution < -0.4 is 0 Å². The van der Waals surface area contributed by atoms with Crippen LogP contribution in [0.1, 0.15) is 0 Å². The second kappa shape index (κ2) is 4.18. The highest BCUT2D eigenvalue weighted by molar-refractivity contribution is 5.85. The molecule has 0 atom stereocenters. The molecule has 2 N–H and O–H groups in total. The van der Waals surface area contributed by atoms with Crippen LogP contribution >= 0.6 is 24.8 Å². The molecular weight excluding hydrogens is 199 g/mol. The molecule has 0 aromatic rings. The lowest BCUT2D eigenvalue weighted by Crippen LogP contribution is -1.81. The zero-order chi connectivity index (χ0) is 6.97. The molecule has 12 heavy (non-hydrogen) atoms. The third kappa shape index (κ3) is 1.62. The van der Waals surface area contributed by atoms with Crippen molar-refractivity contribution < 1.29 is 5.11 Å². The van der Waals surface area contributed by atoms with E-state index < -0.39 is 0 Å². The summed E-state index contributed by atoms with van der Waals surface area (Å²) in [5.74, 6) is 0.275. The lowest BCUT2D eigenvalue weighted by atomic mass is 10.3. The van der Waals surface area contributed by atoms with Crippen molar-refractivity contribution in [3.63, 3.8) is 0 Å². The average Bonchev–Trinajstić information content (AvgIpc) is 2.34. The van der Waals surface area contributed by atoms with E-state index in [1.165, 1.54) is 0 Å². The fourth-order valence-electron chi connectivity index (χ4n) is 0.968. The quantitative estimate of drug-likeness (QED) is 0.694. The van der Waals surface area contributed by atoms with Gasteiger partial charge < -0.3 is 10.1 Å². The second-order valence-corrected chi connectivity index (χ2v) is 2.10. The number of fused-ring (bicyclic) bond motifs is 1. The molecule has 2 aliphatic rings. The van der Waals surface area contributed by atoms with Crippen LogP contribution in [0, 0.1) is 0 Å². The van der Waals surface area contributed by atoms with E-state index in [1.807, 2.05) is 6.07 Å². The predicted octanol–water partition coefficient (Wildman–Crippen LogP) is 2.06. The molecule has 2 rings (SSSR count). The van der Waals surface area contributed by atoms with Crippen molar-refractivity contribution in [1.82, 2.24) is 9.97 Å². The van der Waals surface area contributed by atoms with E-state index in [4.69, 9.17) is 5.11 Å². The first-order valence-corrected chi connectivity index (χ1v) is 2.98. The van der Waals surface area contributed by atoms with E-state index in [2.05, 4.69) is 9.97 Å². The fraction of sp³-hybridized carbons (Fsp3) is 0. The van der Waals surface area contributed by atoms with Crippen LogP contribution in [0.3, 0.4) is 0 Å². The van der Waals surface area contributed by atoms with Crippen molar-refractivity contribution >= 4 is 24.8 Å². The van der Waals surface area contributed by atoms with Gasteiger partial charge in [0.2, 0.25) is 0 Å². The average molecular weight is 207 g/mol. The first-order valence-electron chi connectivity index (χ1n) is 2.98. The molecule has 0 saturated carbocycles. The van der Waals surface area contributed by atoms with Gasteiger partial charge >= 0.3 is 0 Å². The van der Waals surface area contributed by atoms with Crippen molar-refractivity contribution in [1.29, 1.82) is 0 Å². The van der Waals surface area contributed by atoms with E-state index >= 15 is 0 Å². The molecule has 0 unspecified atom stereocenters. The summed E-state index contributed by atoms with van der Waals surface area (Å²) in [6, 6.07) is 3.46. The Labute approximate surface area is 82.0 Å². The molecule has 1 aliphatic carbocycles. The summed E-state index contributed by atoms with van der Waals surface area (Å²) in [5.41, 5.74) is 1.68. The Hall–Kier alpha value is -0.930. The van der Waals surface area contributed by atoms with Crippen molar-refractivity contribution in [2.45, 2.75) is 0 Å². The molecule has 0 radical (unpaired) electrons. The number of H-pyrrole nitrogens is 1. The molecule has 0 saturated heterocycles. The second-order valence-electron chi connectivity index (χ2n) is 2.10. The Balaban J connectivity index is 0.000000605. The molecule has 1 aliphatic heterocycles. The summed E-state index contributed by atoms with van der Waals surface area (Å²) in [7, 11) is 0. The maximum Gasteiger partial charge on any atom is 0.139 e. The van der Waals surface area contributed by atoms with Crippen LogP contribution in [-0.2, 0) is 0 Å². The lowest BCUT2D eigenvalue weighted by Gasteiger charge is -1.95. The summed E-state index contributed by atoms with van der Waals surface area (Å²) in [6.07, 6.45) is 3.24. The highest BCUT2D eigenvalue weighted by atomic mass is 35.5. The molecule has 0 fully saturated rings. The highest BCUT2D eigenvalue weighted by Gasteiger charge is 2.06. The van der Waals surface area contributed by atoms with Crippen LogP contribution in [0.4, 0.5) is 0 Å². The summed E-state index contributed by atoms with van der Waals surface area (Å²) in [5, 5.41) is 9.15. The largest absolute Gasteiger partial charge is 0.506 e. The van der Waals surface area contributed by atoms with Crippen molar-refractivity contribution in [2.24, 2.45) is 0 Å². The Kier molecular flexibility index (Phi) is 3.86. The van der Waals surface area contributed by atoms with Gasteiger partial charge in [-0.3, -0.25) is 0 Å². The molecule has 3 nitrogen and oxygen atoms in total. The predicted molar refractivity (Wildman–Crippen MR) is 51.4 cm³/mol. The summed E-state index contributed by atoms with van der Waals surface area (Å²) in [4.78, 5) is 6.70. The Morgan fingerprint density at radius 2 is 2.00 bits per heavy atom. The molecule has 0 bridgehead atoms. The van der Waals surface area contributed by atoms with Gasteiger partial charge in [-0.05, 0) is 12.1 Å². The van der Waals surface area contributed by atoms with E-state index in [1.54, 1.807) is 18.6 Å². The first-order chi connectivity index (χ1) is 4.88. The third-order valence-corrected chi connectivity index (χ3v) is 1.46. The monoisotopic (exact) mass is 206 g/mol. The molecule has 5 heteroatoms. The van der Waals surface area contributed by atoms with Gasteiger partial charge in [0.05, 0.1) is 12.0 Å². The van der Waals surface area contributed by atoms with Crippen molar-refractivity contribution in [3.05, 3.63) is 24.7 Å². The van der Waals surface area contributed by atoms with Crippen LogP contribution in [0.15, 0.2) is 24.7 Å². The number of hydrogen-bond donors (Lipinski definition) is 2. The van der Waals surface area contributed by atoms with E-state index in [9.17, 15) is 0 Å². The molecule has 0 aromatic heterocycles. The number of rotatable bonds is 0. The van der Waals surface area contributed by atoms with Gasteiger partial charge in [-0.1, -0.05) is 0 Å². The minimum atomic E-state index is 0. The minimum absolute atomic E-state index is 0. The fourth-order valence-corrected chi connectivity index (χ4v) is 0.968. The zero-order valence-corrected chi connectivity index (χ0v) is 7.65. The molecule has 0 aromatic carbocycles. The number of aromatic amines is 1. The van der Waals surface area contributed by atoms with Gasteiger partial charge in [0.25, 0.3) is 0 Å². The Morgan fingerprint density at radius 1 is 1.25 bits per heavy atom. The third-order valence-electron chi connectivity index (χ3n) is 1.46. The van der Waals surface area contributed by atoms with Gasteiger partial charge in [-0.15, -0.1) is 24.8 Å². The van der Waals surface area contributed by atoms with Gasteiger partial charge in [0.15, 0.2) is 0 Å². The lowest BCUT2D eigenvalue weighted by molar-refractivity contribution is 0.477. The number of aromatic nitrogens is 2. The SMILES string of the molecule is Cl.Cl.Oc1ccc2cnc[nH]c1-2. The maximum absolute atomic E-state index is 9.15. The molecule has 1 heterocycles. The molecule has 0 amide bonds. The van der Waals surface area contributed by atoms with E-state index in [0.29, 0.717) is 0 Å².